The lowest BCUT2D eigenvalue weighted by molar-refractivity contribution is -0.116. The molecule has 2 N–H and O–H groups in total. The van der Waals surface area contributed by atoms with E-state index < -0.39 is 0 Å². The van der Waals surface area contributed by atoms with Crippen LogP contribution in [0.5, 0.6) is 0 Å². The standard InChI is InChI=1S/C11H14BrN3OS/c12-9-2-1-3-14-11(9)15-10(16)6-8-7-17-5-4-13-8/h1-3,8,13H,4-7H2,(H,14,15,16). The summed E-state index contributed by atoms with van der Waals surface area (Å²) in [7, 11) is 0. The maximum atomic E-state index is 11.8. The Morgan fingerprint density at radius 1 is 1.71 bits per heavy atom. The monoisotopic (exact) mass is 315 g/mol. The van der Waals surface area contributed by atoms with Crippen molar-refractivity contribution in [3.63, 3.8) is 0 Å². The number of aromatic nitrogens is 1. The molecule has 0 aliphatic carbocycles. The maximum Gasteiger partial charge on any atom is 0.227 e. The summed E-state index contributed by atoms with van der Waals surface area (Å²) in [5, 5.41) is 6.15. The molecule has 0 radical (unpaired) electrons. The number of hydrogen-bond donors (Lipinski definition) is 2. The zero-order valence-corrected chi connectivity index (χ0v) is 11.7. The molecule has 0 saturated carbocycles. The molecule has 4 nitrogen and oxygen atoms in total. The quantitative estimate of drug-likeness (QED) is 0.894. The van der Waals surface area contributed by atoms with Crippen LogP contribution in [0.3, 0.4) is 0 Å². The summed E-state index contributed by atoms with van der Waals surface area (Å²) < 4.78 is 0.805. The molecule has 17 heavy (non-hydrogen) atoms. The third-order valence-electron chi connectivity index (χ3n) is 2.45. The Morgan fingerprint density at radius 2 is 2.59 bits per heavy atom. The molecule has 6 heteroatoms. The van der Waals surface area contributed by atoms with Crippen LogP contribution in [0, 0.1) is 0 Å². The number of carbonyl (C=O) groups excluding carboxylic acids is 1. The molecule has 1 amide bonds. The topological polar surface area (TPSA) is 54.0 Å². The molecular formula is C11H14BrN3OS. The molecule has 2 rings (SSSR count). The average Bonchev–Trinajstić information content (AvgIpc) is 2.33. The Hall–Kier alpha value is -0.590. The van der Waals surface area contributed by atoms with Crippen molar-refractivity contribution < 1.29 is 4.79 Å². The predicted octanol–water partition coefficient (Wildman–Crippen LogP) is 1.88. The summed E-state index contributed by atoms with van der Waals surface area (Å²) in [6.45, 7) is 0.982. The molecule has 2 heterocycles. The van der Waals surface area contributed by atoms with Crippen LogP contribution in [-0.2, 0) is 4.79 Å². The van der Waals surface area contributed by atoms with Gasteiger partial charge in [0, 0.05) is 36.7 Å². The summed E-state index contributed by atoms with van der Waals surface area (Å²) in [4.78, 5) is 15.9. The Labute approximate surface area is 113 Å². The molecule has 1 saturated heterocycles. The molecule has 92 valence electrons. The number of amides is 1. The highest BCUT2D eigenvalue weighted by Crippen LogP contribution is 2.19. The van der Waals surface area contributed by atoms with Gasteiger partial charge >= 0.3 is 0 Å². The Bertz CT molecular complexity index is 396. The largest absolute Gasteiger partial charge is 0.312 e. The Balaban J connectivity index is 1.86. The number of thioether (sulfide) groups is 1. The highest BCUT2D eigenvalue weighted by molar-refractivity contribution is 9.10. The Morgan fingerprint density at radius 3 is 3.29 bits per heavy atom. The van der Waals surface area contributed by atoms with Gasteiger partial charge in [-0.1, -0.05) is 0 Å². The third-order valence-corrected chi connectivity index (χ3v) is 4.22. The van der Waals surface area contributed by atoms with E-state index in [1.165, 1.54) is 0 Å². The van der Waals surface area contributed by atoms with Crippen molar-refractivity contribution in [2.45, 2.75) is 12.5 Å². The third kappa shape index (κ3) is 3.97. The van der Waals surface area contributed by atoms with Crippen LogP contribution in [0.4, 0.5) is 5.82 Å². The highest BCUT2D eigenvalue weighted by Gasteiger charge is 2.17. The Kier molecular flexibility index (Phi) is 4.82. The first kappa shape index (κ1) is 12.9. The fourth-order valence-electron chi connectivity index (χ4n) is 1.64. The van der Waals surface area contributed by atoms with Crippen molar-refractivity contribution in [2.75, 3.05) is 23.4 Å². The number of halogens is 1. The van der Waals surface area contributed by atoms with Gasteiger partial charge in [-0.15, -0.1) is 0 Å². The van der Waals surface area contributed by atoms with Crippen molar-refractivity contribution in [3.8, 4) is 0 Å². The maximum absolute atomic E-state index is 11.8. The van der Waals surface area contributed by atoms with Crippen LogP contribution in [0.2, 0.25) is 0 Å². The van der Waals surface area contributed by atoms with Crippen LogP contribution in [-0.4, -0.2) is 35.0 Å². The summed E-state index contributed by atoms with van der Waals surface area (Å²) in [5.74, 6) is 2.71. The molecule has 0 spiro atoms. The first-order valence-corrected chi connectivity index (χ1v) is 7.42. The van der Waals surface area contributed by atoms with Crippen molar-refractivity contribution in [2.24, 2.45) is 0 Å². The number of anilines is 1. The van der Waals surface area contributed by atoms with E-state index in [1.54, 1.807) is 6.20 Å². The van der Waals surface area contributed by atoms with Gasteiger partial charge in [-0.25, -0.2) is 4.98 Å². The zero-order valence-electron chi connectivity index (χ0n) is 9.28. The second-order valence-corrected chi connectivity index (χ2v) is 5.82. The van der Waals surface area contributed by atoms with E-state index in [0.29, 0.717) is 12.2 Å². The lowest BCUT2D eigenvalue weighted by Gasteiger charge is -2.22. The van der Waals surface area contributed by atoms with Crippen LogP contribution in [0.15, 0.2) is 22.8 Å². The van der Waals surface area contributed by atoms with E-state index in [0.717, 1.165) is 22.5 Å². The molecule has 1 aromatic heterocycles. The fraction of sp³-hybridized carbons (Fsp3) is 0.455. The predicted molar refractivity (Wildman–Crippen MR) is 74.3 cm³/mol. The van der Waals surface area contributed by atoms with E-state index in [-0.39, 0.29) is 11.9 Å². The molecule has 1 fully saturated rings. The lowest BCUT2D eigenvalue weighted by Crippen LogP contribution is -2.40. The number of hydrogen-bond acceptors (Lipinski definition) is 4. The summed E-state index contributed by atoms with van der Waals surface area (Å²) in [5.41, 5.74) is 0. The molecule has 1 unspecified atom stereocenters. The second-order valence-electron chi connectivity index (χ2n) is 3.81. The van der Waals surface area contributed by atoms with Crippen LogP contribution in [0.1, 0.15) is 6.42 Å². The number of carbonyl (C=O) groups is 1. The normalized spacial score (nSPS) is 19.9. The highest BCUT2D eigenvalue weighted by atomic mass is 79.9. The summed E-state index contributed by atoms with van der Waals surface area (Å²) in [6, 6.07) is 3.95. The minimum Gasteiger partial charge on any atom is -0.312 e. The molecule has 1 aliphatic heterocycles. The van der Waals surface area contributed by atoms with E-state index >= 15 is 0 Å². The number of rotatable bonds is 3. The van der Waals surface area contributed by atoms with Gasteiger partial charge in [-0.3, -0.25) is 4.79 Å². The number of pyridine rings is 1. The molecule has 1 aliphatic rings. The minimum atomic E-state index is 0.00407. The van der Waals surface area contributed by atoms with Crippen LogP contribution >= 0.6 is 27.7 Å². The van der Waals surface area contributed by atoms with Crippen molar-refractivity contribution >= 4 is 39.4 Å². The van der Waals surface area contributed by atoms with Gasteiger partial charge in [0.15, 0.2) is 0 Å². The average molecular weight is 316 g/mol. The van der Waals surface area contributed by atoms with Gasteiger partial charge in [0.25, 0.3) is 0 Å². The van der Waals surface area contributed by atoms with Gasteiger partial charge in [-0.2, -0.15) is 11.8 Å². The number of nitrogens with one attached hydrogen (secondary N) is 2. The van der Waals surface area contributed by atoms with Gasteiger partial charge in [0.05, 0.1) is 4.47 Å². The van der Waals surface area contributed by atoms with Crippen molar-refractivity contribution in [3.05, 3.63) is 22.8 Å². The lowest BCUT2D eigenvalue weighted by atomic mass is 10.2. The van der Waals surface area contributed by atoms with E-state index in [1.807, 2.05) is 23.9 Å². The van der Waals surface area contributed by atoms with Gasteiger partial charge in [-0.05, 0) is 28.1 Å². The van der Waals surface area contributed by atoms with E-state index in [4.69, 9.17) is 0 Å². The smallest absolute Gasteiger partial charge is 0.227 e. The van der Waals surface area contributed by atoms with Gasteiger partial charge in [0.2, 0.25) is 5.91 Å². The molecule has 0 bridgehead atoms. The SMILES string of the molecule is O=C(CC1CSCCN1)Nc1ncccc1Br. The van der Waals surface area contributed by atoms with Crippen LogP contribution in [0.25, 0.3) is 0 Å². The van der Waals surface area contributed by atoms with Crippen molar-refractivity contribution in [1.29, 1.82) is 0 Å². The summed E-state index contributed by atoms with van der Waals surface area (Å²) in [6.07, 6.45) is 2.16. The molecule has 1 aromatic rings. The van der Waals surface area contributed by atoms with Crippen LogP contribution < -0.4 is 10.6 Å². The van der Waals surface area contributed by atoms with Crippen molar-refractivity contribution in [1.82, 2.24) is 10.3 Å². The molecule has 1 atom stereocenters. The van der Waals surface area contributed by atoms with E-state index in [9.17, 15) is 4.79 Å². The van der Waals surface area contributed by atoms with Gasteiger partial charge in [0.1, 0.15) is 5.82 Å². The minimum absolute atomic E-state index is 0.00407. The second kappa shape index (κ2) is 6.37. The zero-order chi connectivity index (χ0) is 12.1. The van der Waals surface area contributed by atoms with E-state index in [2.05, 4.69) is 31.5 Å². The fourth-order valence-corrected chi connectivity index (χ4v) is 2.94. The summed E-state index contributed by atoms with van der Waals surface area (Å²) >= 11 is 5.24. The first-order valence-electron chi connectivity index (χ1n) is 5.47. The van der Waals surface area contributed by atoms with Gasteiger partial charge < -0.3 is 10.6 Å². The first-order chi connectivity index (χ1) is 8.25. The molecule has 0 aromatic carbocycles. The molecular weight excluding hydrogens is 302 g/mol. The number of nitrogens with zero attached hydrogens (tertiary/aromatic N) is 1.